The van der Waals surface area contributed by atoms with Gasteiger partial charge in [-0.05, 0) is 63.5 Å². The van der Waals surface area contributed by atoms with Gasteiger partial charge in [0.25, 0.3) is 0 Å². The van der Waals surface area contributed by atoms with E-state index in [-0.39, 0.29) is 5.54 Å². The van der Waals surface area contributed by atoms with Gasteiger partial charge in [0.1, 0.15) is 0 Å². The molecule has 4 heterocycles. The van der Waals surface area contributed by atoms with Gasteiger partial charge in [0, 0.05) is 61.8 Å². The highest BCUT2D eigenvalue weighted by molar-refractivity contribution is 7.11. The van der Waals surface area contributed by atoms with Gasteiger partial charge < -0.3 is 9.47 Å². The highest BCUT2D eigenvalue weighted by Gasteiger charge is 2.57. The third kappa shape index (κ3) is 3.86. The molecule has 0 radical (unpaired) electrons. The van der Waals surface area contributed by atoms with Crippen LogP contribution in [0.25, 0.3) is 0 Å². The zero-order valence-corrected chi connectivity index (χ0v) is 17.5. The summed E-state index contributed by atoms with van der Waals surface area (Å²) in [5, 5.41) is 0. The van der Waals surface area contributed by atoms with E-state index in [1.165, 1.54) is 48.5 Å². The molecule has 3 saturated heterocycles. The van der Waals surface area contributed by atoms with Crippen molar-refractivity contribution in [1.29, 1.82) is 0 Å². The van der Waals surface area contributed by atoms with Crippen molar-refractivity contribution in [1.82, 2.24) is 9.80 Å². The van der Waals surface area contributed by atoms with Crippen LogP contribution < -0.4 is 0 Å². The van der Waals surface area contributed by atoms with E-state index in [0.29, 0.717) is 6.10 Å². The molecular formula is C22H34N2O2S. The van der Waals surface area contributed by atoms with Crippen LogP contribution in [0.15, 0.2) is 12.1 Å². The number of likely N-dealkylation sites (tertiary alicyclic amines) is 2. The van der Waals surface area contributed by atoms with Gasteiger partial charge in [0.2, 0.25) is 0 Å². The molecule has 4 fully saturated rings. The zero-order chi connectivity index (χ0) is 18.3. The Morgan fingerprint density at radius 1 is 1.15 bits per heavy atom. The number of piperidine rings is 1. The fraction of sp³-hybridized carbons (Fsp3) is 0.818. The molecule has 0 amide bonds. The fourth-order valence-electron chi connectivity index (χ4n) is 5.37. The molecule has 4 aliphatic rings. The molecule has 150 valence electrons. The van der Waals surface area contributed by atoms with Crippen molar-refractivity contribution in [2.75, 3.05) is 39.5 Å². The van der Waals surface area contributed by atoms with Crippen LogP contribution in [-0.4, -0.2) is 66.9 Å². The number of aryl methyl sites for hydroxylation is 1. The lowest BCUT2D eigenvalue weighted by Crippen LogP contribution is -2.76. The number of ether oxygens (including phenoxy) is 2. The highest BCUT2D eigenvalue weighted by Crippen LogP contribution is 2.45. The monoisotopic (exact) mass is 390 g/mol. The first-order chi connectivity index (χ1) is 13.2. The van der Waals surface area contributed by atoms with Crippen LogP contribution in [0.5, 0.6) is 0 Å². The van der Waals surface area contributed by atoms with Crippen molar-refractivity contribution in [3.05, 3.63) is 21.9 Å². The first kappa shape index (κ1) is 18.6. The number of hydrogen-bond acceptors (Lipinski definition) is 5. The van der Waals surface area contributed by atoms with Crippen LogP contribution >= 0.6 is 11.3 Å². The van der Waals surface area contributed by atoms with E-state index in [2.05, 4.69) is 28.9 Å². The summed E-state index contributed by atoms with van der Waals surface area (Å²) in [6.45, 7) is 9.79. The van der Waals surface area contributed by atoms with E-state index >= 15 is 0 Å². The Morgan fingerprint density at radius 3 is 2.59 bits per heavy atom. The summed E-state index contributed by atoms with van der Waals surface area (Å²) in [6.07, 6.45) is 8.16. The molecule has 1 saturated carbocycles. The predicted octanol–water partition coefficient (Wildman–Crippen LogP) is 3.68. The first-order valence-electron chi connectivity index (χ1n) is 11.0. The smallest absolute Gasteiger partial charge is 0.0887 e. The van der Waals surface area contributed by atoms with Crippen molar-refractivity contribution in [2.24, 2.45) is 5.92 Å². The summed E-state index contributed by atoms with van der Waals surface area (Å²) in [5.74, 6) is 0.861. The maximum Gasteiger partial charge on any atom is 0.0887 e. The van der Waals surface area contributed by atoms with E-state index in [9.17, 15) is 0 Å². The topological polar surface area (TPSA) is 24.9 Å². The van der Waals surface area contributed by atoms with E-state index < -0.39 is 0 Å². The molecule has 5 rings (SSSR count). The summed E-state index contributed by atoms with van der Waals surface area (Å²) in [6, 6.07) is 5.30. The van der Waals surface area contributed by atoms with E-state index in [0.717, 1.165) is 57.7 Å². The summed E-state index contributed by atoms with van der Waals surface area (Å²) in [7, 11) is 0. The molecule has 1 aliphatic carbocycles. The first-order valence-corrected chi connectivity index (χ1v) is 11.8. The van der Waals surface area contributed by atoms with E-state index in [4.69, 9.17) is 9.47 Å². The van der Waals surface area contributed by atoms with Crippen LogP contribution in [-0.2, 0) is 16.0 Å². The normalized spacial score (nSPS) is 29.9. The molecule has 4 nitrogen and oxygen atoms in total. The van der Waals surface area contributed by atoms with Gasteiger partial charge in [-0.25, -0.2) is 0 Å². The van der Waals surface area contributed by atoms with Crippen LogP contribution in [0.3, 0.4) is 0 Å². The lowest BCUT2D eigenvalue weighted by Gasteiger charge is -2.63. The number of rotatable bonds is 6. The van der Waals surface area contributed by atoms with Crippen LogP contribution in [0.1, 0.15) is 48.3 Å². The number of nitrogens with zero attached hydrogens (tertiary/aromatic N) is 2. The summed E-state index contributed by atoms with van der Waals surface area (Å²) in [4.78, 5) is 8.43. The molecule has 0 N–H and O–H groups in total. The lowest BCUT2D eigenvalue weighted by molar-refractivity contribution is -0.218. The Kier molecular flexibility index (Phi) is 5.33. The Hall–Kier alpha value is -0.460. The average Bonchev–Trinajstić information content (AvgIpc) is 3.43. The molecule has 1 aromatic heterocycles. The van der Waals surface area contributed by atoms with Crippen molar-refractivity contribution < 1.29 is 9.47 Å². The van der Waals surface area contributed by atoms with Crippen LogP contribution in [0.2, 0.25) is 0 Å². The van der Waals surface area contributed by atoms with E-state index in [1.54, 1.807) is 0 Å². The number of thiophene rings is 1. The molecule has 0 aromatic carbocycles. The van der Waals surface area contributed by atoms with Crippen molar-refractivity contribution >= 4 is 11.3 Å². The molecule has 27 heavy (non-hydrogen) atoms. The maximum absolute atomic E-state index is 6.41. The quantitative estimate of drug-likeness (QED) is 0.740. The molecule has 1 aromatic rings. The second-order valence-electron chi connectivity index (χ2n) is 9.15. The number of hydrogen-bond donors (Lipinski definition) is 0. The summed E-state index contributed by atoms with van der Waals surface area (Å²) in [5.41, 5.74) is 0.283. The SMILES string of the molecule is Cc1ccc(CN2CCC(N3CC(OCC4CC4)C34CCOCC4)CC2)s1. The van der Waals surface area contributed by atoms with Crippen molar-refractivity contribution in [3.8, 4) is 0 Å². The minimum absolute atomic E-state index is 0.283. The predicted molar refractivity (Wildman–Crippen MR) is 109 cm³/mol. The highest BCUT2D eigenvalue weighted by atomic mass is 32.1. The second kappa shape index (κ2) is 7.75. The molecule has 3 aliphatic heterocycles. The van der Waals surface area contributed by atoms with Crippen LogP contribution in [0, 0.1) is 12.8 Å². The van der Waals surface area contributed by atoms with Gasteiger partial charge in [-0.3, -0.25) is 9.80 Å². The van der Waals surface area contributed by atoms with Gasteiger partial charge in [-0.2, -0.15) is 0 Å². The maximum atomic E-state index is 6.41. The average molecular weight is 391 g/mol. The molecular weight excluding hydrogens is 356 g/mol. The minimum Gasteiger partial charge on any atom is -0.381 e. The Balaban J connectivity index is 1.17. The summed E-state index contributed by atoms with van der Waals surface area (Å²) >= 11 is 1.95. The largest absolute Gasteiger partial charge is 0.381 e. The van der Waals surface area contributed by atoms with Gasteiger partial charge in [-0.15, -0.1) is 11.3 Å². The molecule has 1 unspecified atom stereocenters. The standard InChI is InChI=1S/C22H34N2O2S/c1-17-2-5-20(27-17)14-23-10-6-19(7-11-23)24-15-21(26-16-18-3-4-18)22(24)8-12-25-13-9-22/h2,5,18-19,21H,3-4,6-16H2,1H3. The van der Waals surface area contributed by atoms with Gasteiger partial charge in [0.05, 0.1) is 11.6 Å². The minimum atomic E-state index is 0.283. The molecule has 5 heteroatoms. The van der Waals surface area contributed by atoms with E-state index in [1.807, 2.05) is 11.3 Å². The van der Waals surface area contributed by atoms with Gasteiger partial charge in [-0.1, -0.05) is 0 Å². The van der Waals surface area contributed by atoms with Crippen LogP contribution in [0.4, 0.5) is 0 Å². The zero-order valence-electron chi connectivity index (χ0n) is 16.7. The third-order valence-corrected chi connectivity index (χ3v) is 8.28. The molecule has 0 bridgehead atoms. The molecule has 1 atom stereocenters. The fourth-order valence-corrected chi connectivity index (χ4v) is 6.31. The third-order valence-electron chi connectivity index (χ3n) is 7.30. The Labute approximate surface area is 167 Å². The van der Waals surface area contributed by atoms with Crippen molar-refractivity contribution in [2.45, 2.75) is 69.7 Å². The van der Waals surface area contributed by atoms with Gasteiger partial charge in [0.15, 0.2) is 0 Å². The second-order valence-corrected chi connectivity index (χ2v) is 10.5. The lowest BCUT2D eigenvalue weighted by atomic mass is 9.73. The van der Waals surface area contributed by atoms with Gasteiger partial charge >= 0.3 is 0 Å². The Morgan fingerprint density at radius 2 is 1.93 bits per heavy atom. The molecule has 1 spiro atoms. The Bertz CT molecular complexity index is 630. The summed E-state index contributed by atoms with van der Waals surface area (Å²) < 4.78 is 12.1. The van der Waals surface area contributed by atoms with Crippen molar-refractivity contribution in [3.63, 3.8) is 0 Å².